The van der Waals surface area contributed by atoms with Crippen LogP contribution >= 0.6 is 0 Å². The lowest BCUT2D eigenvalue weighted by Crippen LogP contribution is -2.30. The normalized spacial score (nSPS) is 16.4. The number of nitrogen functional groups attached to an aromatic ring is 1. The molecule has 0 radical (unpaired) electrons. The average molecular weight is 234 g/mol. The molecule has 4 heteroatoms. The van der Waals surface area contributed by atoms with Crippen LogP contribution < -0.4 is 10.6 Å². The van der Waals surface area contributed by atoms with Crippen LogP contribution in [0.3, 0.4) is 0 Å². The van der Waals surface area contributed by atoms with Gasteiger partial charge in [-0.1, -0.05) is 19.8 Å². The van der Waals surface area contributed by atoms with Gasteiger partial charge in [0.05, 0.1) is 0 Å². The van der Waals surface area contributed by atoms with Crippen molar-refractivity contribution in [3.63, 3.8) is 0 Å². The summed E-state index contributed by atoms with van der Waals surface area (Å²) in [5.41, 5.74) is 5.85. The van der Waals surface area contributed by atoms with Gasteiger partial charge in [-0.2, -0.15) is 0 Å². The van der Waals surface area contributed by atoms with Crippen molar-refractivity contribution in [2.75, 3.05) is 17.7 Å². The summed E-state index contributed by atoms with van der Waals surface area (Å²) < 4.78 is 0. The maximum atomic E-state index is 5.85. The number of nitrogens with zero attached hydrogens (tertiary/aromatic N) is 3. The second kappa shape index (κ2) is 5.34. The molecule has 0 unspecified atom stereocenters. The Balaban J connectivity index is 2.18. The molecule has 2 N–H and O–H groups in total. The summed E-state index contributed by atoms with van der Waals surface area (Å²) in [6.07, 6.45) is 7.15. The highest BCUT2D eigenvalue weighted by Gasteiger charge is 2.21. The Labute approximate surface area is 103 Å². The average Bonchev–Trinajstić information content (AvgIpc) is 2.81. The second-order valence-electron chi connectivity index (χ2n) is 4.87. The number of rotatable bonds is 4. The summed E-state index contributed by atoms with van der Waals surface area (Å²) in [6.45, 7) is 2.13. The Morgan fingerprint density at radius 2 is 2.06 bits per heavy atom. The molecule has 0 atom stereocenters. The van der Waals surface area contributed by atoms with Crippen molar-refractivity contribution in [1.29, 1.82) is 0 Å². The maximum Gasteiger partial charge on any atom is 0.134 e. The molecule has 0 spiro atoms. The fraction of sp³-hybridized carbons (Fsp3) is 0.692. The summed E-state index contributed by atoms with van der Waals surface area (Å²) in [6, 6.07) is 2.51. The van der Waals surface area contributed by atoms with Crippen LogP contribution in [0.2, 0.25) is 0 Å². The van der Waals surface area contributed by atoms with Gasteiger partial charge in [0.2, 0.25) is 0 Å². The Morgan fingerprint density at radius 1 is 1.35 bits per heavy atom. The molecule has 1 aromatic heterocycles. The molecule has 1 saturated carbocycles. The lowest BCUT2D eigenvalue weighted by molar-refractivity contribution is 0.643. The summed E-state index contributed by atoms with van der Waals surface area (Å²) in [5.74, 6) is 2.43. The lowest BCUT2D eigenvalue weighted by atomic mass is 10.2. The molecule has 1 aromatic rings. The standard InChI is InChI=1S/C13H22N4/c1-3-6-12-15-11(14)9-13(16-12)17(2)10-7-4-5-8-10/h9-10H,3-8H2,1-2H3,(H2,14,15,16). The first kappa shape index (κ1) is 12.1. The van der Waals surface area contributed by atoms with Gasteiger partial charge < -0.3 is 10.6 Å². The summed E-state index contributed by atoms with van der Waals surface area (Å²) >= 11 is 0. The van der Waals surface area contributed by atoms with Gasteiger partial charge >= 0.3 is 0 Å². The third-order valence-corrected chi connectivity index (χ3v) is 3.49. The molecule has 1 heterocycles. The number of hydrogen-bond donors (Lipinski definition) is 1. The molecule has 0 bridgehead atoms. The molecule has 17 heavy (non-hydrogen) atoms. The smallest absolute Gasteiger partial charge is 0.134 e. The number of anilines is 2. The third kappa shape index (κ3) is 2.87. The van der Waals surface area contributed by atoms with E-state index in [-0.39, 0.29) is 0 Å². The van der Waals surface area contributed by atoms with Crippen molar-refractivity contribution < 1.29 is 0 Å². The second-order valence-corrected chi connectivity index (χ2v) is 4.87. The maximum absolute atomic E-state index is 5.85. The van der Waals surface area contributed by atoms with E-state index in [1.807, 2.05) is 6.07 Å². The zero-order valence-corrected chi connectivity index (χ0v) is 10.8. The fourth-order valence-electron chi connectivity index (χ4n) is 2.50. The Kier molecular flexibility index (Phi) is 3.82. The van der Waals surface area contributed by atoms with Crippen LogP contribution in [-0.2, 0) is 6.42 Å². The number of nitrogens with two attached hydrogens (primary N) is 1. The monoisotopic (exact) mass is 234 g/mol. The molecule has 2 rings (SSSR count). The topological polar surface area (TPSA) is 55.0 Å². The lowest BCUT2D eigenvalue weighted by Gasteiger charge is -2.25. The van der Waals surface area contributed by atoms with Crippen molar-refractivity contribution >= 4 is 11.6 Å². The van der Waals surface area contributed by atoms with Crippen molar-refractivity contribution in [2.24, 2.45) is 0 Å². The minimum absolute atomic E-state index is 0.586. The highest BCUT2D eigenvalue weighted by Crippen LogP contribution is 2.26. The van der Waals surface area contributed by atoms with E-state index in [0.717, 1.165) is 24.5 Å². The first-order valence-electron chi connectivity index (χ1n) is 6.57. The van der Waals surface area contributed by atoms with Gasteiger partial charge in [-0.05, 0) is 19.3 Å². The van der Waals surface area contributed by atoms with E-state index >= 15 is 0 Å². The fourth-order valence-corrected chi connectivity index (χ4v) is 2.50. The van der Waals surface area contributed by atoms with Crippen LogP contribution in [0.5, 0.6) is 0 Å². The Morgan fingerprint density at radius 3 is 2.71 bits per heavy atom. The van der Waals surface area contributed by atoms with Crippen LogP contribution in [0, 0.1) is 0 Å². The van der Waals surface area contributed by atoms with Gasteiger partial charge in [-0.3, -0.25) is 0 Å². The summed E-state index contributed by atoms with van der Waals surface area (Å²) in [7, 11) is 2.12. The first-order valence-corrected chi connectivity index (χ1v) is 6.57. The van der Waals surface area contributed by atoms with Gasteiger partial charge in [0, 0.05) is 25.6 Å². The van der Waals surface area contributed by atoms with Crippen molar-refractivity contribution in [2.45, 2.75) is 51.5 Å². The van der Waals surface area contributed by atoms with Crippen LogP contribution in [0.1, 0.15) is 44.9 Å². The Hall–Kier alpha value is -1.32. The zero-order valence-electron chi connectivity index (χ0n) is 10.8. The molecule has 1 fully saturated rings. The van der Waals surface area contributed by atoms with E-state index < -0.39 is 0 Å². The molecule has 4 nitrogen and oxygen atoms in total. The zero-order chi connectivity index (χ0) is 12.3. The van der Waals surface area contributed by atoms with Gasteiger partial charge in [0.15, 0.2) is 0 Å². The van der Waals surface area contributed by atoms with E-state index in [0.29, 0.717) is 11.9 Å². The Bertz CT molecular complexity index is 372. The molecule has 0 aliphatic heterocycles. The SMILES string of the molecule is CCCc1nc(N)cc(N(C)C2CCCC2)n1. The molecule has 94 valence electrons. The largest absolute Gasteiger partial charge is 0.384 e. The van der Waals surface area contributed by atoms with Gasteiger partial charge in [0.25, 0.3) is 0 Å². The molecule has 0 aromatic carbocycles. The van der Waals surface area contributed by atoms with E-state index in [9.17, 15) is 0 Å². The van der Waals surface area contributed by atoms with Crippen molar-refractivity contribution in [3.05, 3.63) is 11.9 Å². The van der Waals surface area contributed by atoms with Crippen LogP contribution in [0.15, 0.2) is 6.07 Å². The van der Waals surface area contributed by atoms with Crippen LogP contribution in [0.25, 0.3) is 0 Å². The predicted octanol–water partition coefficient (Wildman–Crippen LogP) is 2.39. The van der Waals surface area contributed by atoms with Crippen LogP contribution in [0.4, 0.5) is 11.6 Å². The van der Waals surface area contributed by atoms with Gasteiger partial charge in [-0.15, -0.1) is 0 Å². The van der Waals surface area contributed by atoms with Crippen molar-refractivity contribution in [3.8, 4) is 0 Å². The van der Waals surface area contributed by atoms with E-state index in [1.54, 1.807) is 0 Å². The molecule has 0 amide bonds. The number of hydrogen-bond acceptors (Lipinski definition) is 4. The van der Waals surface area contributed by atoms with E-state index in [1.165, 1.54) is 25.7 Å². The van der Waals surface area contributed by atoms with E-state index in [2.05, 4.69) is 28.8 Å². The molecule has 0 saturated heterocycles. The molecule has 1 aliphatic carbocycles. The number of aromatic nitrogens is 2. The van der Waals surface area contributed by atoms with Crippen molar-refractivity contribution in [1.82, 2.24) is 9.97 Å². The molecular weight excluding hydrogens is 212 g/mol. The first-order chi connectivity index (χ1) is 8.20. The summed E-state index contributed by atoms with van der Waals surface area (Å²) in [5, 5.41) is 0. The van der Waals surface area contributed by atoms with Crippen LogP contribution in [-0.4, -0.2) is 23.1 Å². The van der Waals surface area contributed by atoms with Gasteiger partial charge in [-0.25, -0.2) is 9.97 Å². The summed E-state index contributed by atoms with van der Waals surface area (Å²) in [4.78, 5) is 11.1. The molecular formula is C13H22N4. The highest BCUT2D eigenvalue weighted by molar-refractivity contribution is 5.47. The third-order valence-electron chi connectivity index (χ3n) is 3.49. The minimum atomic E-state index is 0.586. The molecule has 1 aliphatic rings. The minimum Gasteiger partial charge on any atom is -0.384 e. The predicted molar refractivity (Wildman–Crippen MR) is 71.1 cm³/mol. The highest BCUT2D eigenvalue weighted by atomic mass is 15.2. The van der Waals surface area contributed by atoms with Gasteiger partial charge in [0.1, 0.15) is 17.5 Å². The van der Waals surface area contributed by atoms with E-state index in [4.69, 9.17) is 5.73 Å². The quantitative estimate of drug-likeness (QED) is 0.869. The number of aryl methyl sites for hydroxylation is 1.